The lowest BCUT2D eigenvalue weighted by molar-refractivity contribution is 0.200. The Bertz CT molecular complexity index is 364. The highest BCUT2D eigenvalue weighted by Crippen LogP contribution is 2.25. The van der Waals surface area contributed by atoms with Gasteiger partial charge in [0.2, 0.25) is 0 Å². The summed E-state index contributed by atoms with van der Waals surface area (Å²) in [7, 11) is 0. The molecule has 0 saturated carbocycles. The maximum absolute atomic E-state index is 11.5. The average molecular weight is 236 g/mol. The fraction of sp³-hybridized carbons (Fsp3) is 0.462. The van der Waals surface area contributed by atoms with Gasteiger partial charge in [0.05, 0.1) is 0 Å². The second kappa shape index (κ2) is 6.91. The Morgan fingerprint density at radius 1 is 1.41 bits per heavy atom. The highest BCUT2D eigenvalue weighted by Gasteiger charge is 2.10. The number of para-hydroxylation sites is 1. The van der Waals surface area contributed by atoms with Crippen LogP contribution in [0.4, 0.5) is 4.79 Å². The van der Waals surface area contributed by atoms with Crippen LogP contribution >= 0.6 is 0 Å². The number of hydrogen-bond acceptors (Lipinski definition) is 3. The first-order valence-corrected chi connectivity index (χ1v) is 5.89. The monoisotopic (exact) mass is 236 g/mol. The Balaban J connectivity index is 2.58. The molecule has 0 unspecified atom stereocenters. The fourth-order valence-electron chi connectivity index (χ4n) is 1.48. The van der Waals surface area contributed by atoms with Gasteiger partial charge in [0.15, 0.2) is 0 Å². The molecule has 4 nitrogen and oxygen atoms in total. The molecule has 0 atom stereocenters. The van der Waals surface area contributed by atoms with E-state index in [1.165, 1.54) is 0 Å². The summed E-state index contributed by atoms with van der Waals surface area (Å²) in [6.07, 6.45) is 0.326. The van der Waals surface area contributed by atoms with E-state index < -0.39 is 6.09 Å². The van der Waals surface area contributed by atoms with Crippen LogP contribution in [0.1, 0.15) is 31.7 Å². The summed E-state index contributed by atoms with van der Waals surface area (Å²) in [6.45, 7) is 5.23. The molecule has 1 amide bonds. The minimum Gasteiger partial charge on any atom is -0.410 e. The highest BCUT2D eigenvalue weighted by atomic mass is 16.6. The number of benzene rings is 1. The molecule has 0 saturated heterocycles. The van der Waals surface area contributed by atoms with Crippen LogP contribution in [0.5, 0.6) is 5.75 Å². The van der Waals surface area contributed by atoms with Crippen LogP contribution in [-0.4, -0.2) is 19.2 Å². The van der Waals surface area contributed by atoms with E-state index in [-0.39, 0.29) is 0 Å². The standard InChI is InChI=1S/C13H20N2O2/c1-10(2)11-6-3-4-7-12(11)17-13(16)15-9-5-8-14/h3-4,6-7,10H,5,8-9,14H2,1-2H3,(H,15,16). The van der Waals surface area contributed by atoms with E-state index in [2.05, 4.69) is 19.2 Å². The van der Waals surface area contributed by atoms with Crippen molar-refractivity contribution in [2.24, 2.45) is 5.73 Å². The SMILES string of the molecule is CC(C)c1ccccc1OC(=O)NCCCN. The number of ether oxygens (including phenoxy) is 1. The van der Waals surface area contributed by atoms with Crippen molar-refractivity contribution in [1.82, 2.24) is 5.32 Å². The lowest BCUT2D eigenvalue weighted by Gasteiger charge is -2.12. The zero-order valence-corrected chi connectivity index (χ0v) is 10.4. The van der Waals surface area contributed by atoms with Crippen molar-refractivity contribution in [3.8, 4) is 5.75 Å². The fourth-order valence-corrected chi connectivity index (χ4v) is 1.48. The van der Waals surface area contributed by atoms with Gasteiger partial charge < -0.3 is 15.8 Å². The lowest BCUT2D eigenvalue weighted by atomic mass is 10.0. The van der Waals surface area contributed by atoms with Gasteiger partial charge in [-0.3, -0.25) is 0 Å². The minimum atomic E-state index is -0.424. The largest absolute Gasteiger partial charge is 0.412 e. The highest BCUT2D eigenvalue weighted by molar-refractivity contribution is 5.70. The van der Waals surface area contributed by atoms with E-state index in [1.54, 1.807) is 6.07 Å². The third-order valence-electron chi connectivity index (χ3n) is 2.39. The first-order chi connectivity index (χ1) is 8.15. The summed E-state index contributed by atoms with van der Waals surface area (Å²) < 4.78 is 5.26. The summed E-state index contributed by atoms with van der Waals surface area (Å²) in [4.78, 5) is 11.5. The molecule has 0 heterocycles. The zero-order chi connectivity index (χ0) is 12.7. The van der Waals surface area contributed by atoms with Crippen LogP contribution < -0.4 is 15.8 Å². The van der Waals surface area contributed by atoms with Crippen LogP contribution in [0.15, 0.2) is 24.3 Å². The van der Waals surface area contributed by atoms with Crippen molar-refractivity contribution in [2.75, 3.05) is 13.1 Å². The average Bonchev–Trinajstić information content (AvgIpc) is 2.29. The Morgan fingerprint density at radius 3 is 2.76 bits per heavy atom. The van der Waals surface area contributed by atoms with E-state index in [1.807, 2.05) is 18.2 Å². The van der Waals surface area contributed by atoms with Gasteiger partial charge in [0.1, 0.15) is 5.75 Å². The Hall–Kier alpha value is -1.55. The van der Waals surface area contributed by atoms with Gasteiger partial charge in [-0.15, -0.1) is 0 Å². The van der Waals surface area contributed by atoms with E-state index in [9.17, 15) is 4.79 Å². The molecule has 0 radical (unpaired) electrons. The molecule has 0 fully saturated rings. The zero-order valence-electron chi connectivity index (χ0n) is 10.4. The van der Waals surface area contributed by atoms with E-state index in [0.29, 0.717) is 24.8 Å². The maximum atomic E-state index is 11.5. The van der Waals surface area contributed by atoms with Crippen LogP contribution in [0.25, 0.3) is 0 Å². The van der Waals surface area contributed by atoms with Crippen molar-refractivity contribution in [3.63, 3.8) is 0 Å². The molecule has 0 aliphatic rings. The van der Waals surface area contributed by atoms with E-state index in [4.69, 9.17) is 10.5 Å². The molecule has 1 rings (SSSR count). The van der Waals surface area contributed by atoms with Gasteiger partial charge in [-0.1, -0.05) is 32.0 Å². The van der Waals surface area contributed by atoms with Crippen LogP contribution in [0.3, 0.4) is 0 Å². The minimum absolute atomic E-state index is 0.322. The number of rotatable bonds is 5. The van der Waals surface area contributed by atoms with Gasteiger partial charge in [0, 0.05) is 6.54 Å². The number of carbonyl (C=O) groups is 1. The molecule has 0 spiro atoms. The molecule has 3 N–H and O–H groups in total. The van der Waals surface area contributed by atoms with Crippen LogP contribution in [-0.2, 0) is 0 Å². The number of hydrogen-bond donors (Lipinski definition) is 2. The van der Waals surface area contributed by atoms with Crippen molar-refractivity contribution in [1.29, 1.82) is 0 Å². The van der Waals surface area contributed by atoms with Crippen LogP contribution in [0.2, 0.25) is 0 Å². The van der Waals surface area contributed by atoms with Crippen molar-refractivity contribution < 1.29 is 9.53 Å². The molecule has 1 aromatic rings. The number of amides is 1. The van der Waals surface area contributed by atoms with Gasteiger partial charge in [-0.05, 0) is 30.5 Å². The van der Waals surface area contributed by atoms with Crippen molar-refractivity contribution in [2.45, 2.75) is 26.2 Å². The predicted octanol–water partition coefficient (Wildman–Crippen LogP) is 2.25. The summed E-state index contributed by atoms with van der Waals surface area (Å²) in [5.74, 6) is 0.941. The molecule has 0 bridgehead atoms. The topological polar surface area (TPSA) is 64.3 Å². The first-order valence-electron chi connectivity index (χ1n) is 5.89. The second-order valence-electron chi connectivity index (χ2n) is 4.15. The summed E-state index contributed by atoms with van der Waals surface area (Å²) >= 11 is 0. The van der Waals surface area contributed by atoms with Crippen molar-refractivity contribution in [3.05, 3.63) is 29.8 Å². The summed E-state index contributed by atoms with van der Waals surface area (Å²) in [6, 6.07) is 7.56. The van der Waals surface area contributed by atoms with Gasteiger partial charge >= 0.3 is 6.09 Å². The molecule has 1 aromatic carbocycles. The Labute approximate surface area is 102 Å². The second-order valence-corrected chi connectivity index (χ2v) is 4.15. The molecule has 94 valence electrons. The molecule has 4 heteroatoms. The Morgan fingerprint density at radius 2 is 2.12 bits per heavy atom. The maximum Gasteiger partial charge on any atom is 0.412 e. The van der Waals surface area contributed by atoms with Gasteiger partial charge in [-0.2, -0.15) is 0 Å². The molecule has 0 aromatic heterocycles. The summed E-state index contributed by atoms with van der Waals surface area (Å²) in [5, 5.41) is 2.66. The molecule has 0 aliphatic carbocycles. The summed E-state index contributed by atoms with van der Waals surface area (Å²) in [5.41, 5.74) is 6.37. The normalized spacial score (nSPS) is 10.4. The number of carbonyl (C=O) groups excluding carboxylic acids is 1. The van der Waals surface area contributed by atoms with Gasteiger partial charge in [-0.25, -0.2) is 4.79 Å². The number of nitrogens with two attached hydrogens (primary N) is 1. The lowest BCUT2D eigenvalue weighted by Crippen LogP contribution is -2.29. The predicted molar refractivity (Wildman–Crippen MR) is 68.2 cm³/mol. The molecule has 0 aliphatic heterocycles. The smallest absolute Gasteiger partial charge is 0.410 e. The third-order valence-corrected chi connectivity index (χ3v) is 2.39. The van der Waals surface area contributed by atoms with Crippen LogP contribution in [0, 0.1) is 0 Å². The molecular weight excluding hydrogens is 216 g/mol. The van der Waals surface area contributed by atoms with E-state index in [0.717, 1.165) is 12.0 Å². The molecular formula is C13H20N2O2. The quantitative estimate of drug-likeness (QED) is 0.771. The molecule has 17 heavy (non-hydrogen) atoms. The third kappa shape index (κ3) is 4.44. The number of nitrogens with one attached hydrogen (secondary N) is 1. The van der Waals surface area contributed by atoms with Gasteiger partial charge in [0.25, 0.3) is 0 Å². The van der Waals surface area contributed by atoms with E-state index >= 15 is 0 Å². The first kappa shape index (κ1) is 13.5. The Kier molecular flexibility index (Phi) is 5.49. The van der Waals surface area contributed by atoms with Crippen molar-refractivity contribution >= 4 is 6.09 Å².